The number of benzene rings is 1. The quantitative estimate of drug-likeness (QED) is 0.858. The van der Waals surface area contributed by atoms with Gasteiger partial charge in [0.05, 0.1) is 6.04 Å². The van der Waals surface area contributed by atoms with Gasteiger partial charge in [0, 0.05) is 11.6 Å². The highest BCUT2D eigenvalue weighted by molar-refractivity contribution is 5.39. The molecule has 1 N–H and O–H groups in total. The van der Waals surface area contributed by atoms with Crippen molar-refractivity contribution in [3.05, 3.63) is 29.8 Å². The van der Waals surface area contributed by atoms with Crippen LogP contribution in [0, 0.1) is 5.41 Å². The zero-order valence-corrected chi connectivity index (χ0v) is 11.4. The molecule has 0 saturated heterocycles. The van der Waals surface area contributed by atoms with Gasteiger partial charge in [-0.25, -0.2) is 0 Å². The van der Waals surface area contributed by atoms with Crippen LogP contribution in [0.1, 0.15) is 51.1 Å². The third-order valence-corrected chi connectivity index (χ3v) is 4.34. The maximum Gasteiger partial charge on any atom is 0.124 e. The fourth-order valence-corrected chi connectivity index (χ4v) is 3.43. The van der Waals surface area contributed by atoms with E-state index in [0.29, 0.717) is 17.5 Å². The van der Waals surface area contributed by atoms with Crippen LogP contribution in [0.2, 0.25) is 0 Å². The van der Waals surface area contributed by atoms with Crippen LogP contribution < -0.4 is 10.1 Å². The predicted molar refractivity (Wildman–Crippen MR) is 73.9 cm³/mol. The molecule has 18 heavy (non-hydrogen) atoms. The van der Waals surface area contributed by atoms with Crippen molar-refractivity contribution in [2.75, 3.05) is 6.61 Å². The van der Waals surface area contributed by atoms with Crippen molar-refractivity contribution in [2.45, 2.75) is 51.6 Å². The van der Waals surface area contributed by atoms with Gasteiger partial charge in [-0.15, -0.1) is 0 Å². The molecule has 2 atom stereocenters. The highest BCUT2D eigenvalue weighted by atomic mass is 16.5. The summed E-state index contributed by atoms with van der Waals surface area (Å²) < 4.78 is 5.74. The number of fused-ring (bicyclic) bond motifs is 1. The van der Waals surface area contributed by atoms with Gasteiger partial charge in [-0.1, -0.05) is 38.5 Å². The van der Waals surface area contributed by atoms with Gasteiger partial charge in [-0.3, -0.25) is 0 Å². The second-order valence-electron chi connectivity index (χ2n) is 6.53. The van der Waals surface area contributed by atoms with Gasteiger partial charge in [-0.05, 0) is 30.7 Å². The number of rotatable bonds is 2. The summed E-state index contributed by atoms with van der Waals surface area (Å²) in [5.74, 6) is 1.06. The summed E-state index contributed by atoms with van der Waals surface area (Å²) in [6.07, 6.45) is 5.30. The summed E-state index contributed by atoms with van der Waals surface area (Å²) in [6.45, 7) is 5.57. The van der Waals surface area contributed by atoms with Crippen LogP contribution in [-0.2, 0) is 0 Å². The minimum absolute atomic E-state index is 0.389. The van der Waals surface area contributed by atoms with Gasteiger partial charge >= 0.3 is 0 Å². The first-order valence-electron chi connectivity index (χ1n) is 7.12. The smallest absolute Gasteiger partial charge is 0.124 e. The maximum atomic E-state index is 5.74. The van der Waals surface area contributed by atoms with Crippen LogP contribution in [0.25, 0.3) is 0 Å². The molecular weight excluding hydrogens is 222 g/mol. The molecule has 98 valence electrons. The van der Waals surface area contributed by atoms with Crippen LogP contribution in [0.3, 0.4) is 0 Å². The van der Waals surface area contributed by atoms with Gasteiger partial charge in [0.1, 0.15) is 12.4 Å². The van der Waals surface area contributed by atoms with Crippen molar-refractivity contribution in [3.8, 4) is 5.75 Å². The molecular formula is C16H23NO. The van der Waals surface area contributed by atoms with Crippen molar-refractivity contribution in [1.82, 2.24) is 5.32 Å². The SMILES string of the molecule is CC1(C)CCCC(NC2COc3ccccc32)C1. The van der Waals surface area contributed by atoms with E-state index in [1.54, 1.807) is 0 Å². The first-order chi connectivity index (χ1) is 8.64. The van der Waals surface area contributed by atoms with Gasteiger partial charge in [0.15, 0.2) is 0 Å². The maximum absolute atomic E-state index is 5.74. The predicted octanol–water partition coefficient (Wildman–Crippen LogP) is 3.68. The molecule has 1 aromatic carbocycles. The van der Waals surface area contributed by atoms with Crippen LogP contribution in [0.15, 0.2) is 24.3 Å². The van der Waals surface area contributed by atoms with E-state index in [-0.39, 0.29) is 0 Å². The molecule has 1 aliphatic heterocycles. The second-order valence-corrected chi connectivity index (χ2v) is 6.53. The molecule has 1 fully saturated rings. The lowest BCUT2D eigenvalue weighted by Crippen LogP contribution is -2.39. The van der Waals surface area contributed by atoms with E-state index in [2.05, 4.69) is 37.4 Å². The van der Waals surface area contributed by atoms with Crippen molar-refractivity contribution in [1.29, 1.82) is 0 Å². The van der Waals surface area contributed by atoms with E-state index >= 15 is 0 Å². The molecule has 1 heterocycles. The summed E-state index contributed by atoms with van der Waals surface area (Å²) in [4.78, 5) is 0. The molecule has 0 amide bonds. The van der Waals surface area contributed by atoms with Crippen molar-refractivity contribution in [3.63, 3.8) is 0 Å². The summed E-state index contributed by atoms with van der Waals surface area (Å²) >= 11 is 0. The minimum Gasteiger partial charge on any atom is -0.491 e. The number of hydrogen-bond donors (Lipinski definition) is 1. The lowest BCUT2D eigenvalue weighted by Gasteiger charge is -2.36. The van der Waals surface area contributed by atoms with Gasteiger partial charge in [0.25, 0.3) is 0 Å². The second kappa shape index (κ2) is 4.58. The van der Waals surface area contributed by atoms with Crippen molar-refractivity contribution < 1.29 is 4.74 Å². The molecule has 2 heteroatoms. The molecule has 0 spiro atoms. The standard InChI is InChI=1S/C16H23NO/c1-16(2)9-5-6-12(10-16)17-14-11-18-15-8-4-3-7-13(14)15/h3-4,7-8,12,14,17H,5-6,9-11H2,1-2H3. The molecule has 0 radical (unpaired) electrons. The van der Waals surface area contributed by atoms with Crippen LogP contribution in [0.5, 0.6) is 5.75 Å². The minimum atomic E-state index is 0.389. The Morgan fingerprint density at radius 3 is 2.94 bits per heavy atom. The molecule has 0 aromatic heterocycles. The Kier molecular flexibility index (Phi) is 3.06. The van der Waals surface area contributed by atoms with E-state index in [9.17, 15) is 0 Å². The summed E-state index contributed by atoms with van der Waals surface area (Å²) in [6, 6.07) is 9.45. The van der Waals surface area contributed by atoms with Crippen molar-refractivity contribution >= 4 is 0 Å². The fourth-order valence-electron chi connectivity index (χ4n) is 3.43. The van der Waals surface area contributed by atoms with E-state index in [0.717, 1.165) is 12.4 Å². The fraction of sp³-hybridized carbons (Fsp3) is 0.625. The van der Waals surface area contributed by atoms with Crippen LogP contribution >= 0.6 is 0 Å². The summed E-state index contributed by atoms with van der Waals surface area (Å²) in [5, 5.41) is 3.80. The molecule has 2 nitrogen and oxygen atoms in total. The molecule has 1 saturated carbocycles. The number of ether oxygens (including phenoxy) is 1. The molecule has 2 unspecified atom stereocenters. The van der Waals surface area contributed by atoms with Crippen LogP contribution in [-0.4, -0.2) is 12.6 Å². The average Bonchev–Trinajstić information content (AvgIpc) is 2.72. The molecule has 0 bridgehead atoms. The summed E-state index contributed by atoms with van der Waals surface area (Å²) in [7, 11) is 0. The highest BCUT2D eigenvalue weighted by Gasteiger charge is 2.31. The Labute approximate surface area is 110 Å². The average molecular weight is 245 g/mol. The first kappa shape index (κ1) is 12.0. The van der Waals surface area contributed by atoms with E-state index in [1.165, 1.54) is 31.2 Å². The molecule has 1 aliphatic carbocycles. The third kappa shape index (κ3) is 2.39. The third-order valence-electron chi connectivity index (χ3n) is 4.34. The number of nitrogens with one attached hydrogen (secondary N) is 1. The molecule has 1 aromatic rings. The number of hydrogen-bond acceptors (Lipinski definition) is 2. The Morgan fingerprint density at radius 2 is 2.11 bits per heavy atom. The Morgan fingerprint density at radius 1 is 1.28 bits per heavy atom. The lowest BCUT2D eigenvalue weighted by atomic mass is 9.75. The van der Waals surface area contributed by atoms with E-state index in [1.807, 2.05) is 6.07 Å². The van der Waals surface area contributed by atoms with E-state index in [4.69, 9.17) is 4.74 Å². The zero-order chi connectivity index (χ0) is 12.6. The van der Waals surface area contributed by atoms with E-state index < -0.39 is 0 Å². The largest absolute Gasteiger partial charge is 0.491 e. The summed E-state index contributed by atoms with van der Waals surface area (Å²) in [5.41, 5.74) is 1.83. The highest BCUT2D eigenvalue weighted by Crippen LogP contribution is 2.38. The lowest BCUT2D eigenvalue weighted by molar-refractivity contribution is 0.181. The number of para-hydroxylation sites is 1. The van der Waals surface area contributed by atoms with Crippen molar-refractivity contribution in [2.24, 2.45) is 5.41 Å². The topological polar surface area (TPSA) is 21.3 Å². The van der Waals surface area contributed by atoms with Gasteiger partial charge in [-0.2, -0.15) is 0 Å². The van der Waals surface area contributed by atoms with Gasteiger partial charge < -0.3 is 10.1 Å². The first-order valence-corrected chi connectivity index (χ1v) is 7.12. The van der Waals surface area contributed by atoms with Gasteiger partial charge in [0.2, 0.25) is 0 Å². The monoisotopic (exact) mass is 245 g/mol. The Balaban J connectivity index is 1.68. The zero-order valence-electron chi connectivity index (χ0n) is 11.4. The molecule has 2 aliphatic rings. The molecule has 3 rings (SSSR count). The Bertz CT molecular complexity index is 427. The Hall–Kier alpha value is -1.02. The van der Waals surface area contributed by atoms with Crippen LogP contribution in [0.4, 0.5) is 0 Å². The normalized spacial score (nSPS) is 29.7.